The van der Waals surface area contributed by atoms with Gasteiger partial charge in [-0.3, -0.25) is 4.79 Å². The van der Waals surface area contributed by atoms with Crippen LogP contribution >= 0.6 is 0 Å². The van der Waals surface area contributed by atoms with Crippen LogP contribution in [0.2, 0.25) is 0 Å². The number of halogens is 1. The molecule has 0 bridgehead atoms. The molecule has 0 spiro atoms. The van der Waals surface area contributed by atoms with E-state index < -0.39 is 0 Å². The van der Waals surface area contributed by atoms with Gasteiger partial charge in [0.2, 0.25) is 5.91 Å². The molecule has 0 saturated carbocycles. The zero-order valence-corrected chi connectivity index (χ0v) is 15.5. The molecule has 3 rings (SSSR count). The van der Waals surface area contributed by atoms with Gasteiger partial charge in [-0.05, 0) is 49.5 Å². The highest BCUT2D eigenvalue weighted by Gasteiger charge is 2.21. The molecule has 2 aromatic rings. The van der Waals surface area contributed by atoms with Gasteiger partial charge in [0.1, 0.15) is 5.82 Å². The SMILES string of the molecule is CN(C)Cc1cccc(N2CCN(C(=O)Cc3ccc(F)cc3)CC2)c1. The van der Waals surface area contributed by atoms with Crippen molar-refractivity contribution >= 4 is 11.6 Å². The van der Waals surface area contributed by atoms with E-state index in [1.807, 2.05) is 4.90 Å². The average molecular weight is 355 g/mol. The highest BCUT2D eigenvalue weighted by molar-refractivity contribution is 5.79. The van der Waals surface area contributed by atoms with Gasteiger partial charge in [0.15, 0.2) is 0 Å². The molecular formula is C21H26FN3O. The Morgan fingerprint density at radius 2 is 1.69 bits per heavy atom. The number of carbonyl (C=O) groups excluding carboxylic acids is 1. The molecule has 0 aliphatic carbocycles. The molecule has 2 aromatic carbocycles. The fraction of sp³-hybridized carbons (Fsp3) is 0.381. The van der Waals surface area contributed by atoms with Crippen molar-refractivity contribution in [3.8, 4) is 0 Å². The van der Waals surface area contributed by atoms with Gasteiger partial charge in [-0.1, -0.05) is 24.3 Å². The molecule has 1 fully saturated rings. The summed E-state index contributed by atoms with van der Waals surface area (Å²) >= 11 is 0. The molecule has 0 radical (unpaired) electrons. The third-order valence-electron chi connectivity index (χ3n) is 4.68. The Bertz CT molecular complexity index is 737. The van der Waals surface area contributed by atoms with E-state index in [1.54, 1.807) is 12.1 Å². The summed E-state index contributed by atoms with van der Waals surface area (Å²) in [7, 11) is 4.14. The molecule has 5 heteroatoms. The quantitative estimate of drug-likeness (QED) is 0.825. The van der Waals surface area contributed by atoms with E-state index in [4.69, 9.17) is 0 Å². The number of benzene rings is 2. The number of nitrogens with zero attached hydrogens (tertiary/aromatic N) is 3. The molecule has 0 unspecified atom stereocenters. The average Bonchev–Trinajstić information content (AvgIpc) is 2.63. The minimum absolute atomic E-state index is 0.109. The topological polar surface area (TPSA) is 26.8 Å². The monoisotopic (exact) mass is 355 g/mol. The number of rotatable bonds is 5. The third-order valence-corrected chi connectivity index (χ3v) is 4.68. The van der Waals surface area contributed by atoms with Crippen LogP contribution in [0.3, 0.4) is 0 Å². The summed E-state index contributed by atoms with van der Waals surface area (Å²) in [5, 5.41) is 0. The number of carbonyl (C=O) groups is 1. The van der Waals surface area contributed by atoms with Crippen molar-refractivity contribution in [2.24, 2.45) is 0 Å². The smallest absolute Gasteiger partial charge is 0.227 e. The first-order valence-corrected chi connectivity index (χ1v) is 9.02. The highest BCUT2D eigenvalue weighted by atomic mass is 19.1. The molecule has 0 N–H and O–H groups in total. The van der Waals surface area contributed by atoms with Crippen LogP contribution in [-0.2, 0) is 17.8 Å². The summed E-state index contributed by atoms with van der Waals surface area (Å²) in [5.74, 6) is -0.163. The second-order valence-electron chi connectivity index (χ2n) is 7.08. The summed E-state index contributed by atoms with van der Waals surface area (Å²) in [6, 6.07) is 14.8. The van der Waals surface area contributed by atoms with Crippen molar-refractivity contribution < 1.29 is 9.18 Å². The van der Waals surface area contributed by atoms with Gasteiger partial charge < -0.3 is 14.7 Å². The van der Waals surface area contributed by atoms with Crippen LogP contribution in [0.1, 0.15) is 11.1 Å². The van der Waals surface area contributed by atoms with Crippen molar-refractivity contribution in [1.82, 2.24) is 9.80 Å². The summed E-state index contributed by atoms with van der Waals surface area (Å²) < 4.78 is 13.0. The maximum absolute atomic E-state index is 13.0. The minimum Gasteiger partial charge on any atom is -0.368 e. The van der Waals surface area contributed by atoms with Crippen molar-refractivity contribution in [1.29, 1.82) is 0 Å². The highest BCUT2D eigenvalue weighted by Crippen LogP contribution is 2.19. The summed E-state index contributed by atoms with van der Waals surface area (Å²) in [6.07, 6.45) is 0.332. The molecule has 1 aliphatic heterocycles. The van der Waals surface area contributed by atoms with Crippen molar-refractivity contribution in [2.75, 3.05) is 45.2 Å². The second kappa shape index (κ2) is 8.32. The summed E-state index contributed by atoms with van der Waals surface area (Å²) in [6.45, 7) is 4.03. The van der Waals surface area contributed by atoms with Gasteiger partial charge in [0.25, 0.3) is 0 Å². The lowest BCUT2D eigenvalue weighted by molar-refractivity contribution is -0.130. The van der Waals surface area contributed by atoms with E-state index in [-0.39, 0.29) is 11.7 Å². The number of piperazine rings is 1. The van der Waals surface area contributed by atoms with E-state index in [0.717, 1.165) is 38.3 Å². The largest absolute Gasteiger partial charge is 0.368 e. The Morgan fingerprint density at radius 1 is 1.00 bits per heavy atom. The standard InChI is InChI=1S/C21H26FN3O/c1-23(2)16-18-4-3-5-20(14-18)24-10-12-25(13-11-24)21(26)15-17-6-8-19(22)9-7-17/h3-9,14H,10-13,15-16H2,1-2H3. The van der Waals surface area contributed by atoms with Gasteiger partial charge in [-0.15, -0.1) is 0 Å². The Balaban J connectivity index is 1.55. The van der Waals surface area contributed by atoms with Gasteiger partial charge >= 0.3 is 0 Å². The van der Waals surface area contributed by atoms with E-state index >= 15 is 0 Å². The molecule has 1 saturated heterocycles. The first kappa shape index (κ1) is 18.4. The molecule has 138 valence electrons. The first-order chi connectivity index (χ1) is 12.5. The lowest BCUT2D eigenvalue weighted by Crippen LogP contribution is -2.49. The third kappa shape index (κ3) is 4.82. The van der Waals surface area contributed by atoms with Gasteiger partial charge in [0, 0.05) is 38.4 Å². The van der Waals surface area contributed by atoms with Gasteiger partial charge in [-0.25, -0.2) is 4.39 Å². The summed E-state index contributed by atoms with van der Waals surface area (Å²) in [5.41, 5.74) is 3.37. The lowest BCUT2D eigenvalue weighted by atomic mass is 10.1. The first-order valence-electron chi connectivity index (χ1n) is 9.02. The van der Waals surface area contributed by atoms with E-state index in [1.165, 1.54) is 23.4 Å². The van der Waals surface area contributed by atoms with Crippen LogP contribution in [0.5, 0.6) is 0 Å². The van der Waals surface area contributed by atoms with Crippen molar-refractivity contribution in [3.05, 3.63) is 65.5 Å². The predicted octanol–water partition coefficient (Wildman–Crippen LogP) is 2.78. The minimum atomic E-state index is -0.272. The number of hydrogen-bond acceptors (Lipinski definition) is 3. The lowest BCUT2D eigenvalue weighted by Gasteiger charge is -2.36. The van der Waals surface area contributed by atoms with Crippen LogP contribution in [0.15, 0.2) is 48.5 Å². The maximum atomic E-state index is 13.0. The Morgan fingerprint density at radius 3 is 2.35 bits per heavy atom. The van der Waals surface area contributed by atoms with Crippen LogP contribution in [0, 0.1) is 5.82 Å². The Labute approximate surface area is 154 Å². The molecule has 0 aromatic heterocycles. The second-order valence-corrected chi connectivity index (χ2v) is 7.08. The Kier molecular flexibility index (Phi) is 5.89. The molecule has 0 atom stereocenters. The Hall–Kier alpha value is -2.40. The predicted molar refractivity (Wildman–Crippen MR) is 103 cm³/mol. The van der Waals surface area contributed by atoms with Crippen molar-refractivity contribution in [3.63, 3.8) is 0 Å². The van der Waals surface area contributed by atoms with E-state index in [0.29, 0.717) is 6.42 Å². The summed E-state index contributed by atoms with van der Waals surface area (Å²) in [4.78, 5) is 18.9. The van der Waals surface area contributed by atoms with Gasteiger partial charge in [0.05, 0.1) is 6.42 Å². The van der Waals surface area contributed by atoms with Crippen LogP contribution in [0.4, 0.5) is 10.1 Å². The maximum Gasteiger partial charge on any atom is 0.227 e. The molecular weight excluding hydrogens is 329 g/mol. The van der Waals surface area contributed by atoms with Crippen LogP contribution < -0.4 is 4.90 Å². The van der Waals surface area contributed by atoms with E-state index in [9.17, 15) is 9.18 Å². The van der Waals surface area contributed by atoms with Crippen LogP contribution in [0.25, 0.3) is 0 Å². The van der Waals surface area contributed by atoms with E-state index in [2.05, 4.69) is 48.2 Å². The normalized spacial score (nSPS) is 14.8. The number of hydrogen-bond donors (Lipinski definition) is 0. The molecule has 26 heavy (non-hydrogen) atoms. The van der Waals surface area contributed by atoms with Gasteiger partial charge in [-0.2, -0.15) is 0 Å². The molecule has 1 aliphatic rings. The fourth-order valence-corrected chi connectivity index (χ4v) is 3.32. The number of amides is 1. The number of anilines is 1. The fourth-order valence-electron chi connectivity index (χ4n) is 3.32. The zero-order valence-electron chi connectivity index (χ0n) is 15.5. The zero-order chi connectivity index (χ0) is 18.5. The molecule has 4 nitrogen and oxygen atoms in total. The molecule has 1 amide bonds. The molecule has 1 heterocycles. The van der Waals surface area contributed by atoms with Crippen LogP contribution in [-0.4, -0.2) is 56.0 Å². The van der Waals surface area contributed by atoms with Crippen molar-refractivity contribution in [2.45, 2.75) is 13.0 Å².